The maximum atomic E-state index is 5.67. The molecule has 0 aliphatic carbocycles. The Hall–Kier alpha value is -0.680. The van der Waals surface area contributed by atoms with Crippen LogP contribution in [0.15, 0.2) is 4.99 Å². The molecule has 0 unspecified atom stereocenters. The number of guanidine groups is 1. The van der Waals surface area contributed by atoms with Gasteiger partial charge in [-0.2, -0.15) is 4.37 Å². The third-order valence-electron chi connectivity index (χ3n) is 4.29. The monoisotopic (exact) mass is 510 g/mol. The van der Waals surface area contributed by atoms with Gasteiger partial charge in [-0.15, -0.1) is 24.0 Å². The number of aromatic nitrogens is 2. The lowest BCUT2D eigenvalue weighted by Gasteiger charge is -2.36. The molecule has 1 aliphatic rings. The Morgan fingerprint density at radius 1 is 1.22 bits per heavy atom. The van der Waals surface area contributed by atoms with Crippen LogP contribution < -0.4 is 10.2 Å². The van der Waals surface area contributed by atoms with E-state index in [-0.39, 0.29) is 24.0 Å². The number of aryl methyl sites for hydroxylation is 1. The molecule has 0 saturated carbocycles. The zero-order chi connectivity index (χ0) is 18.8. The molecule has 1 N–H and O–H groups in total. The molecule has 9 heteroatoms. The predicted molar refractivity (Wildman–Crippen MR) is 125 cm³/mol. The molecule has 2 heterocycles. The molecular formula is C18H35IN6OS. The minimum Gasteiger partial charge on any atom is -0.380 e. The van der Waals surface area contributed by atoms with Crippen molar-refractivity contribution < 1.29 is 4.74 Å². The summed E-state index contributed by atoms with van der Waals surface area (Å²) in [6.07, 6.45) is 2.00. The lowest BCUT2D eigenvalue weighted by atomic mass is 10.1. The number of anilines is 1. The van der Waals surface area contributed by atoms with Gasteiger partial charge in [0.25, 0.3) is 0 Å². The topological polar surface area (TPSA) is 65.9 Å². The van der Waals surface area contributed by atoms with Gasteiger partial charge in [0.05, 0.1) is 13.2 Å². The van der Waals surface area contributed by atoms with E-state index in [4.69, 9.17) is 9.73 Å². The number of rotatable bonds is 9. The first-order valence-electron chi connectivity index (χ1n) is 9.82. The van der Waals surface area contributed by atoms with Crippen molar-refractivity contribution in [1.82, 2.24) is 19.6 Å². The average Bonchev–Trinajstić information content (AvgIpc) is 3.13. The maximum absolute atomic E-state index is 5.67. The summed E-state index contributed by atoms with van der Waals surface area (Å²) in [5.41, 5.74) is 0. The number of hydrogen-bond donors (Lipinski definition) is 1. The summed E-state index contributed by atoms with van der Waals surface area (Å²) in [5.74, 6) is 2.62. The van der Waals surface area contributed by atoms with Gasteiger partial charge in [-0.05, 0) is 19.3 Å². The van der Waals surface area contributed by atoms with Crippen LogP contribution >= 0.6 is 35.5 Å². The Labute approximate surface area is 185 Å². The molecule has 0 aromatic carbocycles. The van der Waals surface area contributed by atoms with Gasteiger partial charge in [-0.1, -0.05) is 20.8 Å². The minimum atomic E-state index is 0. The van der Waals surface area contributed by atoms with Crippen molar-refractivity contribution in [3.8, 4) is 0 Å². The largest absolute Gasteiger partial charge is 0.380 e. The van der Waals surface area contributed by atoms with Crippen LogP contribution in [0.4, 0.5) is 5.13 Å². The van der Waals surface area contributed by atoms with Crippen LogP contribution in [0.1, 0.15) is 39.9 Å². The molecule has 1 fully saturated rings. The van der Waals surface area contributed by atoms with Gasteiger partial charge in [0, 0.05) is 57.3 Å². The molecule has 0 atom stereocenters. The number of hydrogen-bond acceptors (Lipinski definition) is 6. The van der Waals surface area contributed by atoms with Gasteiger partial charge in [0.1, 0.15) is 5.82 Å². The highest BCUT2D eigenvalue weighted by molar-refractivity contribution is 14.0. The van der Waals surface area contributed by atoms with Crippen molar-refractivity contribution in [3.63, 3.8) is 0 Å². The third-order valence-corrected chi connectivity index (χ3v) is 5.11. The highest BCUT2D eigenvalue weighted by Gasteiger charge is 2.21. The molecule has 0 radical (unpaired) electrons. The van der Waals surface area contributed by atoms with E-state index in [0.29, 0.717) is 19.1 Å². The van der Waals surface area contributed by atoms with E-state index in [1.807, 2.05) is 0 Å². The fourth-order valence-electron chi connectivity index (χ4n) is 2.69. The first-order valence-corrected chi connectivity index (χ1v) is 10.6. The summed E-state index contributed by atoms with van der Waals surface area (Å²) in [5, 5.41) is 4.45. The average molecular weight is 510 g/mol. The third kappa shape index (κ3) is 8.47. The fourth-order valence-corrected chi connectivity index (χ4v) is 3.49. The van der Waals surface area contributed by atoms with Gasteiger partial charge in [0.2, 0.25) is 5.13 Å². The van der Waals surface area contributed by atoms with Crippen molar-refractivity contribution in [2.75, 3.05) is 57.4 Å². The van der Waals surface area contributed by atoms with Crippen LogP contribution in [0, 0.1) is 5.92 Å². The van der Waals surface area contributed by atoms with Crippen LogP contribution in [0.5, 0.6) is 0 Å². The SMILES string of the molecule is CCNC(=NCCOCCC(C)C)N1CCN(c2nc(CC)ns2)CC1.I. The van der Waals surface area contributed by atoms with Gasteiger partial charge in [-0.25, -0.2) is 4.98 Å². The summed E-state index contributed by atoms with van der Waals surface area (Å²) < 4.78 is 10.1. The lowest BCUT2D eigenvalue weighted by molar-refractivity contribution is 0.130. The molecule has 2 rings (SSSR count). The molecule has 27 heavy (non-hydrogen) atoms. The van der Waals surface area contributed by atoms with Crippen molar-refractivity contribution >= 4 is 46.6 Å². The Bertz CT molecular complexity index is 546. The number of ether oxygens (including phenoxy) is 1. The zero-order valence-corrected chi connectivity index (χ0v) is 20.3. The van der Waals surface area contributed by atoms with Gasteiger partial charge in [-0.3, -0.25) is 4.99 Å². The highest BCUT2D eigenvalue weighted by atomic mass is 127. The normalized spacial score (nSPS) is 15.2. The number of nitrogens with one attached hydrogen (secondary N) is 1. The molecule has 0 amide bonds. The molecule has 1 aromatic heterocycles. The van der Waals surface area contributed by atoms with Gasteiger partial charge in [0.15, 0.2) is 5.96 Å². The molecule has 1 aliphatic heterocycles. The quantitative estimate of drug-likeness (QED) is 0.239. The Balaban J connectivity index is 0.00000364. The lowest BCUT2D eigenvalue weighted by Crippen LogP contribution is -2.52. The van der Waals surface area contributed by atoms with E-state index in [1.165, 1.54) is 11.5 Å². The number of halogens is 1. The molecular weight excluding hydrogens is 475 g/mol. The number of piperazine rings is 1. The molecule has 1 saturated heterocycles. The van der Waals surface area contributed by atoms with Crippen LogP contribution in [0.2, 0.25) is 0 Å². The smallest absolute Gasteiger partial charge is 0.205 e. The van der Waals surface area contributed by atoms with Crippen LogP contribution in [-0.4, -0.2) is 72.7 Å². The van der Waals surface area contributed by atoms with Crippen LogP contribution in [0.25, 0.3) is 0 Å². The maximum Gasteiger partial charge on any atom is 0.205 e. The molecule has 7 nitrogen and oxygen atoms in total. The summed E-state index contributed by atoms with van der Waals surface area (Å²) in [4.78, 5) is 14.0. The van der Waals surface area contributed by atoms with E-state index < -0.39 is 0 Å². The van der Waals surface area contributed by atoms with Crippen LogP contribution in [0.3, 0.4) is 0 Å². The summed E-state index contributed by atoms with van der Waals surface area (Å²) >= 11 is 1.51. The number of aliphatic imine (C=N–C) groups is 1. The summed E-state index contributed by atoms with van der Waals surface area (Å²) in [7, 11) is 0. The molecule has 156 valence electrons. The van der Waals surface area contributed by atoms with E-state index in [0.717, 1.165) is 69.1 Å². The van der Waals surface area contributed by atoms with Gasteiger partial charge < -0.3 is 19.9 Å². The number of nitrogens with zero attached hydrogens (tertiary/aromatic N) is 5. The first-order chi connectivity index (χ1) is 12.6. The summed E-state index contributed by atoms with van der Waals surface area (Å²) in [6.45, 7) is 15.5. The standard InChI is InChI=1S/C18H34N6OS.HI/c1-5-16-21-18(26-22-16)24-11-9-23(10-12-24)17(19-6-2)20-8-14-25-13-7-15(3)4;/h15H,5-14H2,1-4H3,(H,19,20);1H. The molecule has 0 bridgehead atoms. The highest BCUT2D eigenvalue weighted by Crippen LogP contribution is 2.19. The van der Waals surface area contributed by atoms with E-state index in [1.54, 1.807) is 0 Å². The van der Waals surface area contributed by atoms with Crippen molar-refractivity contribution in [1.29, 1.82) is 0 Å². The predicted octanol–water partition coefficient (Wildman–Crippen LogP) is 2.87. The fraction of sp³-hybridized carbons (Fsp3) is 0.833. The van der Waals surface area contributed by atoms with Crippen molar-refractivity contribution in [3.05, 3.63) is 5.82 Å². The van der Waals surface area contributed by atoms with Crippen molar-refractivity contribution in [2.45, 2.75) is 40.5 Å². The molecule has 0 spiro atoms. The Morgan fingerprint density at radius 2 is 1.96 bits per heavy atom. The molecule has 1 aromatic rings. The van der Waals surface area contributed by atoms with E-state index in [2.05, 4.69) is 52.2 Å². The second-order valence-corrected chi connectivity index (χ2v) is 7.58. The van der Waals surface area contributed by atoms with Gasteiger partial charge >= 0.3 is 0 Å². The summed E-state index contributed by atoms with van der Waals surface area (Å²) in [6, 6.07) is 0. The van der Waals surface area contributed by atoms with Crippen molar-refractivity contribution in [2.24, 2.45) is 10.9 Å². The van der Waals surface area contributed by atoms with Crippen LogP contribution in [-0.2, 0) is 11.2 Å². The van der Waals surface area contributed by atoms with E-state index >= 15 is 0 Å². The Kier molecular flexibility index (Phi) is 12.2. The first kappa shape index (κ1) is 24.4. The second kappa shape index (κ2) is 13.5. The Morgan fingerprint density at radius 3 is 2.56 bits per heavy atom. The zero-order valence-electron chi connectivity index (χ0n) is 17.1. The second-order valence-electron chi connectivity index (χ2n) is 6.85. The minimum absolute atomic E-state index is 0. The van der Waals surface area contributed by atoms with E-state index in [9.17, 15) is 0 Å².